The Kier molecular flexibility index (Phi) is 5.84. The molecule has 5 nitrogen and oxygen atoms in total. The highest BCUT2D eigenvalue weighted by atomic mass is 16.2. The lowest BCUT2D eigenvalue weighted by molar-refractivity contribution is -0.140. The topological polar surface area (TPSA) is 66.5 Å². The maximum atomic E-state index is 12.4. The fourth-order valence-corrected chi connectivity index (χ4v) is 3.92. The normalized spacial score (nSPS) is 22.8. The molecule has 0 unspecified atom stereocenters. The molecule has 1 aromatic carbocycles. The van der Waals surface area contributed by atoms with E-state index in [0.29, 0.717) is 6.54 Å². The molecule has 1 heterocycles. The number of amides is 3. The summed E-state index contributed by atoms with van der Waals surface area (Å²) in [6.07, 6.45) is 5.68. The molecule has 1 N–H and O–H groups in total. The minimum atomic E-state index is -0.129. The Morgan fingerprint density at radius 1 is 1.04 bits per heavy atom. The minimum absolute atomic E-state index is 0.0634. The summed E-state index contributed by atoms with van der Waals surface area (Å²) >= 11 is 0. The molecule has 1 aliphatic heterocycles. The van der Waals surface area contributed by atoms with E-state index in [-0.39, 0.29) is 42.5 Å². The SMILES string of the molecule is O=C(CCN1C(=O)[C@H]2CCCC[C@H]2C1=O)NCCCc1ccccc1. The Morgan fingerprint density at radius 3 is 2.32 bits per heavy atom. The van der Waals surface area contributed by atoms with Gasteiger partial charge in [-0.1, -0.05) is 43.2 Å². The van der Waals surface area contributed by atoms with Crippen LogP contribution in [0.25, 0.3) is 0 Å². The highest BCUT2D eigenvalue weighted by Gasteiger charge is 2.47. The minimum Gasteiger partial charge on any atom is -0.356 e. The number of imide groups is 1. The van der Waals surface area contributed by atoms with E-state index in [1.165, 1.54) is 10.5 Å². The third-order valence-corrected chi connectivity index (χ3v) is 5.30. The van der Waals surface area contributed by atoms with Crippen molar-refractivity contribution in [3.63, 3.8) is 0 Å². The van der Waals surface area contributed by atoms with Crippen molar-refractivity contribution in [1.29, 1.82) is 0 Å². The van der Waals surface area contributed by atoms with Crippen LogP contribution in [0.3, 0.4) is 0 Å². The largest absolute Gasteiger partial charge is 0.356 e. The predicted octanol–water partition coefficient (Wildman–Crippen LogP) is 2.30. The van der Waals surface area contributed by atoms with Gasteiger partial charge in [0.15, 0.2) is 0 Å². The zero-order chi connectivity index (χ0) is 17.6. The van der Waals surface area contributed by atoms with E-state index in [9.17, 15) is 14.4 Å². The van der Waals surface area contributed by atoms with Gasteiger partial charge in [0, 0.05) is 19.5 Å². The van der Waals surface area contributed by atoms with Gasteiger partial charge in [-0.05, 0) is 31.2 Å². The summed E-state index contributed by atoms with van der Waals surface area (Å²) in [7, 11) is 0. The Hall–Kier alpha value is -2.17. The smallest absolute Gasteiger partial charge is 0.233 e. The van der Waals surface area contributed by atoms with Crippen LogP contribution in [0.4, 0.5) is 0 Å². The molecule has 0 aromatic heterocycles. The number of nitrogens with zero attached hydrogens (tertiary/aromatic N) is 1. The third-order valence-electron chi connectivity index (χ3n) is 5.30. The van der Waals surface area contributed by atoms with Crippen LogP contribution in [0.2, 0.25) is 0 Å². The quantitative estimate of drug-likeness (QED) is 0.611. The summed E-state index contributed by atoms with van der Waals surface area (Å²) in [5, 5.41) is 2.88. The fourth-order valence-electron chi connectivity index (χ4n) is 3.92. The first-order valence-corrected chi connectivity index (χ1v) is 9.32. The van der Waals surface area contributed by atoms with E-state index < -0.39 is 0 Å². The summed E-state index contributed by atoms with van der Waals surface area (Å²) in [4.78, 5) is 38.0. The number of hydrogen-bond donors (Lipinski definition) is 1. The van der Waals surface area contributed by atoms with Crippen LogP contribution < -0.4 is 5.32 Å². The number of likely N-dealkylation sites (tertiary alicyclic amines) is 1. The van der Waals surface area contributed by atoms with Crippen LogP contribution in [0.15, 0.2) is 30.3 Å². The Labute approximate surface area is 148 Å². The van der Waals surface area contributed by atoms with Crippen molar-refractivity contribution in [2.24, 2.45) is 11.8 Å². The summed E-state index contributed by atoms with van der Waals surface area (Å²) < 4.78 is 0. The van der Waals surface area contributed by atoms with E-state index >= 15 is 0 Å². The second-order valence-electron chi connectivity index (χ2n) is 7.01. The van der Waals surface area contributed by atoms with Crippen LogP contribution in [0.1, 0.15) is 44.1 Å². The number of hydrogen-bond acceptors (Lipinski definition) is 3. The number of benzene rings is 1. The first-order valence-electron chi connectivity index (χ1n) is 9.32. The molecule has 2 aliphatic rings. The number of fused-ring (bicyclic) bond motifs is 1. The first-order chi connectivity index (χ1) is 12.2. The lowest BCUT2D eigenvalue weighted by Crippen LogP contribution is -2.35. The molecule has 1 aromatic rings. The van der Waals surface area contributed by atoms with Crippen LogP contribution in [-0.4, -0.2) is 35.7 Å². The van der Waals surface area contributed by atoms with Crippen molar-refractivity contribution < 1.29 is 14.4 Å². The van der Waals surface area contributed by atoms with Crippen LogP contribution in [0.5, 0.6) is 0 Å². The number of nitrogens with one attached hydrogen (secondary N) is 1. The maximum absolute atomic E-state index is 12.4. The van der Waals surface area contributed by atoms with Crippen molar-refractivity contribution in [2.75, 3.05) is 13.1 Å². The van der Waals surface area contributed by atoms with Crippen molar-refractivity contribution in [3.8, 4) is 0 Å². The average molecular weight is 342 g/mol. The molecule has 1 saturated carbocycles. The summed E-state index contributed by atoms with van der Waals surface area (Å²) in [6.45, 7) is 0.829. The molecule has 134 valence electrons. The van der Waals surface area contributed by atoms with E-state index in [1.807, 2.05) is 18.2 Å². The monoisotopic (exact) mass is 342 g/mol. The van der Waals surface area contributed by atoms with Gasteiger partial charge >= 0.3 is 0 Å². The highest BCUT2D eigenvalue weighted by molar-refractivity contribution is 6.05. The molecule has 25 heavy (non-hydrogen) atoms. The van der Waals surface area contributed by atoms with Gasteiger partial charge < -0.3 is 5.32 Å². The molecular formula is C20H26N2O3. The number of aryl methyl sites for hydroxylation is 1. The van der Waals surface area contributed by atoms with Gasteiger partial charge in [0.25, 0.3) is 0 Å². The number of carbonyl (C=O) groups excluding carboxylic acids is 3. The zero-order valence-corrected chi connectivity index (χ0v) is 14.6. The third kappa shape index (κ3) is 4.27. The van der Waals surface area contributed by atoms with Crippen LogP contribution in [-0.2, 0) is 20.8 Å². The Bertz CT molecular complexity index is 605. The molecule has 0 spiro atoms. The molecule has 0 radical (unpaired) electrons. The second kappa shape index (κ2) is 8.28. The molecular weight excluding hydrogens is 316 g/mol. The Morgan fingerprint density at radius 2 is 1.68 bits per heavy atom. The standard InChI is InChI=1S/C20H26N2O3/c23-18(21-13-6-9-15-7-2-1-3-8-15)12-14-22-19(24)16-10-4-5-11-17(16)20(22)25/h1-3,7-8,16-17H,4-6,9-14H2,(H,21,23)/t16-,17+. The summed E-state index contributed by atoms with van der Waals surface area (Å²) in [5.41, 5.74) is 1.26. The van der Waals surface area contributed by atoms with Gasteiger partial charge in [0.2, 0.25) is 17.7 Å². The lowest BCUT2D eigenvalue weighted by Gasteiger charge is -2.19. The van der Waals surface area contributed by atoms with Crippen molar-refractivity contribution in [1.82, 2.24) is 10.2 Å². The van der Waals surface area contributed by atoms with Crippen molar-refractivity contribution in [2.45, 2.75) is 44.9 Å². The van der Waals surface area contributed by atoms with E-state index in [4.69, 9.17) is 0 Å². The van der Waals surface area contributed by atoms with Gasteiger partial charge in [-0.2, -0.15) is 0 Å². The summed E-state index contributed by atoms with van der Waals surface area (Å²) in [6, 6.07) is 10.2. The number of rotatable bonds is 7. The fraction of sp³-hybridized carbons (Fsp3) is 0.550. The van der Waals surface area contributed by atoms with Gasteiger partial charge in [-0.15, -0.1) is 0 Å². The van der Waals surface area contributed by atoms with Crippen LogP contribution >= 0.6 is 0 Å². The van der Waals surface area contributed by atoms with Crippen molar-refractivity contribution in [3.05, 3.63) is 35.9 Å². The molecule has 2 atom stereocenters. The molecule has 3 rings (SSSR count). The molecule has 1 saturated heterocycles. The van der Waals surface area contributed by atoms with Crippen LogP contribution in [0, 0.1) is 11.8 Å². The summed E-state index contributed by atoms with van der Waals surface area (Å²) in [5.74, 6) is -0.480. The molecule has 0 bridgehead atoms. The maximum Gasteiger partial charge on any atom is 0.233 e. The van der Waals surface area contributed by atoms with E-state index in [0.717, 1.165) is 38.5 Å². The molecule has 3 amide bonds. The van der Waals surface area contributed by atoms with Gasteiger partial charge in [-0.3, -0.25) is 19.3 Å². The molecule has 5 heteroatoms. The first kappa shape index (κ1) is 17.6. The average Bonchev–Trinajstić information content (AvgIpc) is 2.89. The molecule has 1 aliphatic carbocycles. The second-order valence-corrected chi connectivity index (χ2v) is 7.01. The van der Waals surface area contributed by atoms with Gasteiger partial charge in [-0.25, -0.2) is 0 Å². The van der Waals surface area contributed by atoms with Crippen molar-refractivity contribution >= 4 is 17.7 Å². The van der Waals surface area contributed by atoms with E-state index in [2.05, 4.69) is 17.4 Å². The zero-order valence-electron chi connectivity index (χ0n) is 14.6. The molecule has 2 fully saturated rings. The lowest BCUT2D eigenvalue weighted by atomic mass is 9.81. The predicted molar refractivity (Wildman–Crippen MR) is 94.6 cm³/mol. The van der Waals surface area contributed by atoms with Gasteiger partial charge in [0.05, 0.1) is 11.8 Å². The Balaban J connectivity index is 1.37. The number of carbonyl (C=O) groups is 3. The van der Waals surface area contributed by atoms with Gasteiger partial charge in [0.1, 0.15) is 0 Å². The van der Waals surface area contributed by atoms with E-state index in [1.54, 1.807) is 0 Å². The highest BCUT2D eigenvalue weighted by Crippen LogP contribution is 2.37.